The first-order chi connectivity index (χ1) is 9.43. The van der Waals surface area contributed by atoms with E-state index in [1.807, 2.05) is 6.92 Å². The van der Waals surface area contributed by atoms with Gasteiger partial charge in [0, 0.05) is 0 Å². The van der Waals surface area contributed by atoms with Crippen molar-refractivity contribution in [1.82, 2.24) is 5.32 Å². The maximum absolute atomic E-state index is 13.6. The first kappa shape index (κ1) is 15.9. The van der Waals surface area contributed by atoms with Gasteiger partial charge in [0.15, 0.2) is 0 Å². The number of rotatable bonds is 6. The third-order valence-electron chi connectivity index (χ3n) is 2.82. The van der Waals surface area contributed by atoms with Gasteiger partial charge in [-0.3, -0.25) is 0 Å². The van der Waals surface area contributed by atoms with Gasteiger partial charge in [0.1, 0.15) is 11.9 Å². The number of nitrogens with one attached hydrogen (secondary N) is 2. The van der Waals surface area contributed by atoms with Crippen molar-refractivity contribution in [3.63, 3.8) is 0 Å². The first-order valence-corrected chi connectivity index (χ1v) is 6.50. The Morgan fingerprint density at radius 2 is 2.10 bits per heavy atom. The number of carbonyl (C=O) groups is 2. The van der Waals surface area contributed by atoms with E-state index in [-0.39, 0.29) is 5.69 Å². The summed E-state index contributed by atoms with van der Waals surface area (Å²) in [5.74, 6) is -1.65. The van der Waals surface area contributed by atoms with Crippen LogP contribution >= 0.6 is 0 Å². The van der Waals surface area contributed by atoms with Crippen molar-refractivity contribution in [1.29, 1.82) is 0 Å². The van der Waals surface area contributed by atoms with Crippen LogP contribution in [0.25, 0.3) is 0 Å². The predicted octanol–water partition coefficient (Wildman–Crippen LogP) is 2.90. The lowest BCUT2D eigenvalue weighted by Gasteiger charge is -2.15. The van der Waals surface area contributed by atoms with Crippen LogP contribution < -0.4 is 10.6 Å². The van der Waals surface area contributed by atoms with Crippen LogP contribution in [0.4, 0.5) is 14.9 Å². The number of benzene rings is 1. The number of halogens is 1. The molecule has 20 heavy (non-hydrogen) atoms. The van der Waals surface area contributed by atoms with Crippen molar-refractivity contribution < 1.29 is 19.1 Å². The highest BCUT2D eigenvalue weighted by Gasteiger charge is 2.19. The van der Waals surface area contributed by atoms with Crippen LogP contribution in [0, 0.1) is 12.7 Å². The molecule has 0 bridgehead atoms. The molecule has 2 amide bonds. The molecule has 0 fully saturated rings. The highest BCUT2D eigenvalue weighted by atomic mass is 19.1. The third-order valence-corrected chi connectivity index (χ3v) is 2.82. The molecule has 0 radical (unpaired) electrons. The summed E-state index contributed by atoms with van der Waals surface area (Å²) in [6.07, 6.45) is 1.87. The van der Waals surface area contributed by atoms with Gasteiger partial charge < -0.3 is 15.7 Å². The molecule has 1 aromatic rings. The summed E-state index contributed by atoms with van der Waals surface area (Å²) < 4.78 is 13.6. The lowest BCUT2D eigenvalue weighted by molar-refractivity contribution is -0.139. The van der Waals surface area contributed by atoms with E-state index in [9.17, 15) is 14.0 Å². The van der Waals surface area contributed by atoms with Gasteiger partial charge in [-0.2, -0.15) is 0 Å². The second kappa shape index (κ2) is 7.47. The molecular weight excluding hydrogens is 263 g/mol. The highest BCUT2D eigenvalue weighted by Crippen LogP contribution is 2.15. The Bertz CT molecular complexity index is 491. The summed E-state index contributed by atoms with van der Waals surface area (Å²) in [7, 11) is 0. The van der Waals surface area contributed by atoms with E-state index in [4.69, 9.17) is 5.11 Å². The van der Waals surface area contributed by atoms with Gasteiger partial charge in [-0.05, 0) is 31.0 Å². The zero-order chi connectivity index (χ0) is 15.1. The number of carbonyl (C=O) groups excluding carboxylic acids is 1. The second-order valence-corrected chi connectivity index (χ2v) is 4.61. The van der Waals surface area contributed by atoms with Crippen LogP contribution in [0.1, 0.15) is 31.7 Å². The fraction of sp³-hybridized carbons (Fsp3) is 0.429. The number of carboxylic acids is 1. The normalized spacial score (nSPS) is 11.8. The van der Waals surface area contributed by atoms with E-state index in [0.717, 1.165) is 12.0 Å². The Kier molecular flexibility index (Phi) is 5.96. The van der Waals surface area contributed by atoms with Gasteiger partial charge in [-0.25, -0.2) is 14.0 Å². The predicted molar refractivity (Wildman–Crippen MR) is 74.2 cm³/mol. The second-order valence-electron chi connectivity index (χ2n) is 4.61. The molecule has 6 heteroatoms. The van der Waals surface area contributed by atoms with Crippen molar-refractivity contribution in [2.24, 2.45) is 0 Å². The number of anilines is 1. The van der Waals surface area contributed by atoms with Gasteiger partial charge in [-0.15, -0.1) is 0 Å². The van der Waals surface area contributed by atoms with Crippen molar-refractivity contribution in [2.45, 2.75) is 39.2 Å². The van der Waals surface area contributed by atoms with E-state index in [1.54, 1.807) is 13.0 Å². The van der Waals surface area contributed by atoms with Crippen LogP contribution in [-0.4, -0.2) is 23.1 Å². The standard InChI is InChI=1S/C14H19FN2O3/c1-3-4-5-12(13(18)19)17-14(20)16-11-7-6-9(2)8-10(11)15/h6-8,12H,3-5H2,1-2H3,(H,18,19)(H2,16,17,20). The average Bonchev–Trinajstić information content (AvgIpc) is 2.37. The lowest BCUT2D eigenvalue weighted by atomic mass is 10.1. The van der Waals surface area contributed by atoms with Crippen molar-refractivity contribution in [3.8, 4) is 0 Å². The van der Waals surface area contributed by atoms with Gasteiger partial charge in [0.25, 0.3) is 0 Å². The number of carboxylic acid groups (broad SMARTS) is 1. The fourth-order valence-electron chi connectivity index (χ4n) is 1.70. The molecule has 110 valence electrons. The molecule has 0 saturated heterocycles. The summed E-state index contributed by atoms with van der Waals surface area (Å²) in [4.78, 5) is 22.7. The number of aliphatic carboxylic acids is 1. The van der Waals surface area contributed by atoms with Gasteiger partial charge in [0.05, 0.1) is 5.69 Å². The maximum atomic E-state index is 13.6. The van der Waals surface area contributed by atoms with E-state index >= 15 is 0 Å². The minimum atomic E-state index is -1.10. The summed E-state index contributed by atoms with van der Waals surface area (Å²) >= 11 is 0. The molecule has 0 saturated carbocycles. The van der Waals surface area contributed by atoms with Gasteiger partial charge in [-0.1, -0.05) is 25.8 Å². The van der Waals surface area contributed by atoms with Crippen LogP contribution in [0.5, 0.6) is 0 Å². The minimum Gasteiger partial charge on any atom is -0.480 e. The van der Waals surface area contributed by atoms with Gasteiger partial charge in [0.2, 0.25) is 0 Å². The van der Waals surface area contributed by atoms with Crippen molar-refractivity contribution in [3.05, 3.63) is 29.6 Å². The Hall–Kier alpha value is -2.11. The SMILES string of the molecule is CCCCC(NC(=O)Nc1ccc(C)cc1F)C(=O)O. The number of hydrogen-bond donors (Lipinski definition) is 3. The Labute approximate surface area is 117 Å². The Morgan fingerprint density at radius 3 is 2.65 bits per heavy atom. The van der Waals surface area contributed by atoms with E-state index in [1.165, 1.54) is 12.1 Å². The summed E-state index contributed by atoms with van der Waals surface area (Å²) in [5.41, 5.74) is 0.757. The Balaban J connectivity index is 2.63. The zero-order valence-electron chi connectivity index (χ0n) is 11.6. The molecule has 1 rings (SSSR count). The third kappa shape index (κ3) is 4.87. The molecule has 0 heterocycles. The topological polar surface area (TPSA) is 78.4 Å². The van der Waals surface area contributed by atoms with Crippen LogP contribution in [0.15, 0.2) is 18.2 Å². The van der Waals surface area contributed by atoms with Crippen molar-refractivity contribution in [2.75, 3.05) is 5.32 Å². The average molecular weight is 282 g/mol. The number of urea groups is 1. The summed E-state index contributed by atoms with van der Waals surface area (Å²) in [6, 6.07) is 2.69. The number of hydrogen-bond acceptors (Lipinski definition) is 2. The minimum absolute atomic E-state index is 0.0210. The Morgan fingerprint density at radius 1 is 1.40 bits per heavy atom. The molecule has 0 spiro atoms. The highest BCUT2D eigenvalue weighted by molar-refractivity contribution is 5.92. The summed E-state index contributed by atoms with van der Waals surface area (Å²) in [5, 5.41) is 13.6. The molecule has 3 N–H and O–H groups in total. The molecular formula is C14H19FN2O3. The molecule has 0 aliphatic heterocycles. The number of aryl methyl sites for hydroxylation is 1. The molecule has 0 aromatic heterocycles. The van der Waals surface area contributed by atoms with Crippen LogP contribution in [0.2, 0.25) is 0 Å². The monoisotopic (exact) mass is 282 g/mol. The zero-order valence-corrected chi connectivity index (χ0v) is 11.6. The molecule has 1 atom stereocenters. The maximum Gasteiger partial charge on any atom is 0.326 e. The number of amides is 2. The quantitative estimate of drug-likeness (QED) is 0.750. The van der Waals surface area contributed by atoms with Crippen molar-refractivity contribution >= 4 is 17.7 Å². The molecule has 1 unspecified atom stereocenters. The fourth-order valence-corrected chi connectivity index (χ4v) is 1.70. The largest absolute Gasteiger partial charge is 0.480 e. The number of unbranched alkanes of at least 4 members (excludes halogenated alkanes) is 1. The molecule has 0 aliphatic rings. The van der Waals surface area contributed by atoms with Crippen LogP contribution in [-0.2, 0) is 4.79 Å². The smallest absolute Gasteiger partial charge is 0.326 e. The first-order valence-electron chi connectivity index (χ1n) is 6.50. The van der Waals surface area contributed by atoms with E-state index in [0.29, 0.717) is 12.8 Å². The van der Waals surface area contributed by atoms with Crippen LogP contribution in [0.3, 0.4) is 0 Å². The van der Waals surface area contributed by atoms with E-state index < -0.39 is 23.9 Å². The van der Waals surface area contributed by atoms with E-state index in [2.05, 4.69) is 10.6 Å². The molecule has 1 aromatic carbocycles. The molecule has 0 aliphatic carbocycles. The van der Waals surface area contributed by atoms with Gasteiger partial charge >= 0.3 is 12.0 Å². The summed E-state index contributed by atoms with van der Waals surface area (Å²) in [6.45, 7) is 3.67. The lowest BCUT2D eigenvalue weighted by Crippen LogP contribution is -2.43. The molecule has 5 nitrogen and oxygen atoms in total.